The van der Waals surface area contributed by atoms with Crippen molar-refractivity contribution in [2.24, 2.45) is 11.7 Å². The standard InChI is InChI=1S/C17H29NO2/c1-4-6-7-14(5-2)13-20-17-12-16(19-3)9-8-15(17)10-11-18/h8-9,12,14H,4-7,10-11,13,18H2,1-3H3. The number of ether oxygens (including phenoxy) is 2. The molecule has 0 aromatic heterocycles. The van der Waals surface area contributed by atoms with Gasteiger partial charge in [-0.1, -0.05) is 39.2 Å². The molecule has 1 atom stereocenters. The molecule has 0 aliphatic heterocycles. The first-order valence-electron chi connectivity index (χ1n) is 7.74. The number of benzene rings is 1. The van der Waals surface area contributed by atoms with Crippen LogP contribution in [0.15, 0.2) is 18.2 Å². The number of nitrogens with two attached hydrogens (primary N) is 1. The fourth-order valence-corrected chi connectivity index (χ4v) is 2.26. The van der Waals surface area contributed by atoms with E-state index in [0.29, 0.717) is 12.5 Å². The largest absolute Gasteiger partial charge is 0.497 e. The van der Waals surface area contributed by atoms with E-state index < -0.39 is 0 Å². The molecular weight excluding hydrogens is 250 g/mol. The molecule has 1 unspecified atom stereocenters. The Morgan fingerprint density at radius 2 is 2.05 bits per heavy atom. The van der Waals surface area contributed by atoms with Gasteiger partial charge in [-0.25, -0.2) is 0 Å². The summed E-state index contributed by atoms with van der Waals surface area (Å²) in [6, 6.07) is 5.98. The lowest BCUT2D eigenvalue weighted by molar-refractivity contribution is 0.230. The Morgan fingerprint density at radius 1 is 1.25 bits per heavy atom. The number of unbranched alkanes of at least 4 members (excludes halogenated alkanes) is 1. The van der Waals surface area contributed by atoms with Crippen molar-refractivity contribution in [3.8, 4) is 11.5 Å². The third-order valence-electron chi connectivity index (χ3n) is 3.71. The van der Waals surface area contributed by atoms with Crippen LogP contribution in [0, 0.1) is 5.92 Å². The highest BCUT2D eigenvalue weighted by molar-refractivity contribution is 5.41. The summed E-state index contributed by atoms with van der Waals surface area (Å²) >= 11 is 0. The van der Waals surface area contributed by atoms with Gasteiger partial charge in [0.1, 0.15) is 11.5 Å². The number of hydrogen-bond acceptors (Lipinski definition) is 3. The lowest BCUT2D eigenvalue weighted by Crippen LogP contribution is -2.13. The van der Waals surface area contributed by atoms with Gasteiger partial charge in [0, 0.05) is 6.07 Å². The molecule has 1 aromatic carbocycles. The Hall–Kier alpha value is -1.22. The van der Waals surface area contributed by atoms with Gasteiger partial charge in [-0.2, -0.15) is 0 Å². The van der Waals surface area contributed by atoms with Gasteiger partial charge in [0.05, 0.1) is 13.7 Å². The number of rotatable bonds is 10. The smallest absolute Gasteiger partial charge is 0.126 e. The summed E-state index contributed by atoms with van der Waals surface area (Å²) in [5, 5.41) is 0. The van der Waals surface area contributed by atoms with Crippen molar-refractivity contribution >= 4 is 0 Å². The first-order valence-corrected chi connectivity index (χ1v) is 7.74. The average molecular weight is 279 g/mol. The van der Waals surface area contributed by atoms with Crippen molar-refractivity contribution < 1.29 is 9.47 Å². The first kappa shape index (κ1) is 16.8. The van der Waals surface area contributed by atoms with Crippen LogP contribution in [0.5, 0.6) is 11.5 Å². The Bertz CT molecular complexity index is 379. The van der Waals surface area contributed by atoms with Crippen molar-refractivity contribution in [1.29, 1.82) is 0 Å². The second-order valence-corrected chi connectivity index (χ2v) is 5.24. The molecule has 114 valence electrons. The van der Waals surface area contributed by atoms with Gasteiger partial charge in [0.25, 0.3) is 0 Å². The molecule has 0 spiro atoms. The first-order chi connectivity index (χ1) is 9.74. The molecule has 0 amide bonds. The molecule has 0 saturated heterocycles. The fourth-order valence-electron chi connectivity index (χ4n) is 2.26. The minimum absolute atomic E-state index is 0.631. The lowest BCUT2D eigenvalue weighted by atomic mass is 10.0. The molecule has 0 saturated carbocycles. The van der Waals surface area contributed by atoms with Crippen LogP contribution in [0.1, 0.15) is 45.1 Å². The third kappa shape index (κ3) is 5.41. The quantitative estimate of drug-likeness (QED) is 0.708. The summed E-state index contributed by atoms with van der Waals surface area (Å²) < 4.78 is 11.3. The highest BCUT2D eigenvalue weighted by Crippen LogP contribution is 2.26. The van der Waals surface area contributed by atoms with E-state index in [1.807, 2.05) is 18.2 Å². The van der Waals surface area contributed by atoms with Gasteiger partial charge in [-0.05, 0) is 36.9 Å². The van der Waals surface area contributed by atoms with Gasteiger partial charge in [0.15, 0.2) is 0 Å². The minimum Gasteiger partial charge on any atom is -0.497 e. The maximum absolute atomic E-state index is 6.05. The van der Waals surface area contributed by atoms with Crippen LogP contribution in [0.3, 0.4) is 0 Å². The van der Waals surface area contributed by atoms with Gasteiger partial charge in [-0.15, -0.1) is 0 Å². The SMILES string of the molecule is CCCCC(CC)COc1cc(OC)ccc1CCN. The Kier molecular flexibility index (Phi) is 8.12. The highest BCUT2D eigenvalue weighted by Gasteiger charge is 2.10. The van der Waals surface area contributed by atoms with E-state index in [-0.39, 0.29) is 0 Å². The molecule has 0 fully saturated rings. The predicted molar refractivity (Wildman–Crippen MR) is 84.6 cm³/mol. The molecule has 0 heterocycles. The molecule has 1 rings (SSSR count). The Balaban J connectivity index is 2.67. The molecule has 0 bridgehead atoms. The molecule has 0 radical (unpaired) electrons. The van der Waals surface area contributed by atoms with E-state index in [1.165, 1.54) is 24.8 Å². The average Bonchev–Trinajstić information content (AvgIpc) is 2.49. The third-order valence-corrected chi connectivity index (χ3v) is 3.71. The second kappa shape index (κ2) is 9.65. The van der Waals surface area contributed by atoms with Gasteiger partial charge >= 0.3 is 0 Å². The van der Waals surface area contributed by atoms with Crippen molar-refractivity contribution in [2.75, 3.05) is 20.3 Å². The molecule has 2 N–H and O–H groups in total. The fraction of sp³-hybridized carbons (Fsp3) is 0.647. The summed E-state index contributed by atoms with van der Waals surface area (Å²) in [7, 11) is 1.68. The zero-order chi connectivity index (χ0) is 14.8. The highest BCUT2D eigenvalue weighted by atomic mass is 16.5. The van der Waals surface area contributed by atoms with Crippen LogP contribution in [0.4, 0.5) is 0 Å². The van der Waals surface area contributed by atoms with E-state index in [4.69, 9.17) is 15.2 Å². The van der Waals surface area contributed by atoms with E-state index in [0.717, 1.165) is 30.9 Å². The van der Waals surface area contributed by atoms with Crippen LogP contribution in [0.25, 0.3) is 0 Å². The molecule has 0 aliphatic carbocycles. The van der Waals surface area contributed by atoms with Crippen LogP contribution < -0.4 is 15.2 Å². The predicted octanol–water partition coefficient (Wildman–Crippen LogP) is 3.79. The van der Waals surface area contributed by atoms with Crippen molar-refractivity contribution in [1.82, 2.24) is 0 Å². The maximum atomic E-state index is 6.05. The zero-order valence-electron chi connectivity index (χ0n) is 13.2. The van der Waals surface area contributed by atoms with Gasteiger partial charge in [-0.3, -0.25) is 0 Å². The number of methoxy groups -OCH3 is 1. The molecule has 3 nitrogen and oxygen atoms in total. The van der Waals surface area contributed by atoms with Crippen molar-refractivity contribution in [2.45, 2.75) is 46.0 Å². The normalized spacial score (nSPS) is 12.2. The molecular formula is C17H29NO2. The monoisotopic (exact) mass is 279 g/mol. The summed E-state index contributed by atoms with van der Waals surface area (Å²) in [6.45, 7) is 5.88. The Morgan fingerprint density at radius 3 is 2.65 bits per heavy atom. The van der Waals surface area contributed by atoms with Crippen LogP contribution in [-0.2, 0) is 6.42 Å². The van der Waals surface area contributed by atoms with Crippen LogP contribution >= 0.6 is 0 Å². The molecule has 0 aliphatic rings. The van der Waals surface area contributed by atoms with Crippen molar-refractivity contribution in [3.63, 3.8) is 0 Å². The van der Waals surface area contributed by atoms with Crippen LogP contribution in [-0.4, -0.2) is 20.3 Å². The number of hydrogen-bond donors (Lipinski definition) is 1. The van der Waals surface area contributed by atoms with Crippen molar-refractivity contribution in [3.05, 3.63) is 23.8 Å². The topological polar surface area (TPSA) is 44.5 Å². The summed E-state index contributed by atoms with van der Waals surface area (Å²) in [5.41, 5.74) is 6.83. The van der Waals surface area contributed by atoms with Crippen LogP contribution in [0.2, 0.25) is 0 Å². The Labute approximate surface area is 123 Å². The lowest BCUT2D eigenvalue weighted by Gasteiger charge is -2.18. The summed E-state index contributed by atoms with van der Waals surface area (Å²) in [4.78, 5) is 0. The zero-order valence-corrected chi connectivity index (χ0v) is 13.2. The maximum Gasteiger partial charge on any atom is 0.126 e. The van der Waals surface area contributed by atoms with E-state index >= 15 is 0 Å². The molecule has 20 heavy (non-hydrogen) atoms. The summed E-state index contributed by atoms with van der Waals surface area (Å²) in [6.07, 6.45) is 5.76. The van der Waals surface area contributed by atoms with E-state index in [9.17, 15) is 0 Å². The van der Waals surface area contributed by atoms with Gasteiger partial charge in [0.2, 0.25) is 0 Å². The van der Waals surface area contributed by atoms with E-state index in [1.54, 1.807) is 7.11 Å². The minimum atomic E-state index is 0.631. The van der Waals surface area contributed by atoms with Gasteiger partial charge < -0.3 is 15.2 Å². The summed E-state index contributed by atoms with van der Waals surface area (Å²) in [5.74, 6) is 2.39. The molecule has 1 aromatic rings. The van der Waals surface area contributed by atoms with E-state index in [2.05, 4.69) is 13.8 Å². The molecule has 3 heteroatoms. The second-order valence-electron chi connectivity index (χ2n) is 5.24.